The number of carboxylic acid groups (broad SMARTS) is 1. The molecule has 0 aliphatic carbocycles. The molecule has 0 spiro atoms. The van der Waals surface area contributed by atoms with Crippen LogP contribution in [0.2, 0.25) is 0 Å². The molecular weight excluding hydrogens is 322 g/mol. The van der Waals surface area contributed by atoms with Crippen LogP contribution in [0.1, 0.15) is 16.3 Å². The van der Waals surface area contributed by atoms with Gasteiger partial charge in [0.2, 0.25) is 0 Å². The fraction of sp³-hybridized carbons (Fsp3) is 0.357. The van der Waals surface area contributed by atoms with E-state index < -0.39 is 5.97 Å². The summed E-state index contributed by atoms with van der Waals surface area (Å²) >= 11 is 3.30. The molecular formula is C14H17N3O3S2. The van der Waals surface area contributed by atoms with Gasteiger partial charge in [-0.05, 0) is 25.5 Å². The molecule has 6 nitrogen and oxygen atoms in total. The molecule has 0 bridgehead atoms. The Morgan fingerprint density at radius 2 is 2.05 bits per heavy atom. The molecule has 0 aliphatic rings. The quantitative estimate of drug-likeness (QED) is 0.723. The number of aromatic nitrogens is 1. The van der Waals surface area contributed by atoms with E-state index in [0.717, 1.165) is 22.0 Å². The summed E-state index contributed by atoms with van der Waals surface area (Å²) in [6.45, 7) is 2.62. The monoisotopic (exact) mass is 339 g/mol. The Bertz CT molecular complexity index is 651. The maximum Gasteiger partial charge on any atom is 0.314 e. The zero-order valence-corrected chi connectivity index (χ0v) is 13.7. The third kappa shape index (κ3) is 5.12. The molecule has 0 aliphatic heterocycles. The van der Waals surface area contributed by atoms with Crippen molar-refractivity contribution in [3.63, 3.8) is 0 Å². The second-order valence-electron chi connectivity index (χ2n) is 4.59. The summed E-state index contributed by atoms with van der Waals surface area (Å²) in [6, 6.07) is 3.74. The van der Waals surface area contributed by atoms with Gasteiger partial charge in [-0.1, -0.05) is 0 Å². The number of carboxylic acids is 1. The lowest BCUT2D eigenvalue weighted by Crippen LogP contribution is -2.37. The second-order valence-corrected chi connectivity index (χ2v) is 6.82. The highest BCUT2D eigenvalue weighted by Crippen LogP contribution is 2.29. The predicted molar refractivity (Wildman–Crippen MR) is 87.5 cm³/mol. The molecule has 0 atom stereocenters. The zero-order chi connectivity index (χ0) is 15.9. The van der Waals surface area contributed by atoms with Gasteiger partial charge in [-0.3, -0.25) is 4.79 Å². The van der Waals surface area contributed by atoms with Crippen molar-refractivity contribution in [2.75, 3.05) is 13.1 Å². The normalized spacial score (nSPS) is 10.4. The molecule has 0 fully saturated rings. The smallest absolute Gasteiger partial charge is 0.314 e. The topological polar surface area (TPSA) is 91.3 Å². The van der Waals surface area contributed by atoms with Crippen molar-refractivity contribution in [2.24, 2.45) is 0 Å². The maximum absolute atomic E-state index is 11.4. The van der Waals surface area contributed by atoms with Gasteiger partial charge in [-0.15, -0.1) is 22.7 Å². The highest BCUT2D eigenvalue weighted by molar-refractivity contribution is 7.16. The first-order valence-electron chi connectivity index (χ1n) is 6.79. The lowest BCUT2D eigenvalue weighted by atomic mass is 10.3. The van der Waals surface area contributed by atoms with E-state index in [1.165, 1.54) is 4.88 Å². The zero-order valence-electron chi connectivity index (χ0n) is 12.1. The number of rotatable bonds is 7. The molecule has 2 aromatic heterocycles. The molecule has 0 unspecified atom stereocenters. The Morgan fingerprint density at radius 1 is 1.27 bits per heavy atom. The summed E-state index contributed by atoms with van der Waals surface area (Å²) in [5, 5.41) is 16.8. The van der Waals surface area contributed by atoms with Crippen LogP contribution in [0.5, 0.6) is 0 Å². The van der Waals surface area contributed by atoms with E-state index in [0.29, 0.717) is 6.54 Å². The average molecular weight is 339 g/mol. The number of hydrogen-bond donors (Lipinski definition) is 3. The first-order valence-corrected chi connectivity index (χ1v) is 8.49. The number of aryl methyl sites for hydroxylation is 1. The van der Waals surface area contributed by atoms with E-state index in [1.807, 2.05) is 24.4 Å². The van der Waals surface area contributed by atoms with Crippen molar-refractivity contribution < 1.29 is 14.7 Å². The predicted octanol–water partition coefficient (Wildman–Crippen LogP) is 2.50. The number of amides is 2. The van der Waals surface area contributed by atoms with Crippen molar-refractivity contribution in [1.82, 2.24) is 15.6 Å². The number of hydrogen-bond acceptors (Lipinski definition) is 5. The van der Waals surface area contributed by atoms with Crippen LogP contribution in [-0.2, 0) is 11.2 Å². The van der Waals surface area contributed by atoms with Gasteiger partial charge in [0, 0.05) is 23.3 Å². The van der Waals surface area contributed by atoms with Crippen molar-refractivity contribution >= 4 is 34.7 Å². The summed E-state index contributed by atoms with van der Waals surface area (Å²) in [5.74, 6) is -0.927. The minimum atomic E-state index is -0.927. The Kier molecular flexibility index (Phi) is 5.91. The van der Waals surface area contributed by atoms with Crippen LogP contribution in [0, 0.1) is 6.92 Å². The van der Waals surface area contributed by atoms with E-state index in [2.05, 4.69) is 15.6 Å². The summed E-state index contributed by atoms with van der Waals surface area (Å²) in [5.41, 5.74) is 0.998. The first kappa shape index (κ1) is 16.4. The first-order chi connectivity index (χ1) is 10.5. The van der Waals surface area contributed by atoms with Gasteiger partial charge < -0.3 is 15.7 Å². The van der Waals surface area contributed by atoms with Gasteiger partial charge in [0.1, 0.15) is 0 Å². The molecule has 2 amide bonds. The number of nitrogens with one attached hydrogen (secondary N) is 2. The number of thiazole rings is 1. The molecule has 2 aromatic rings. The molecule has 2 heterocycles. The molecule has 0 radical (unpaired) electrons. The second kappa shape index (κ2) is 7.90. The molecule has 0 saturated heterocycles. The van der Waals surface area contributed by atoms with E-state index in [-0.39, 0.29) is 19.0 Å². The van der Waals surface area contributed by atoms with Gasteiger partial charge in [0.15, 0.2) is 0 Å². The minimum absolute atomic E-state index is 0.0746. The van der Waals surface area contributed by atoms with E-state index >= 15 is 0 Å². The van der Waals surface area contributed by atoms with Crippen molar-refractivity contribution in [1.29, 1.82) is 0 Å². The lowest BCUT2D eigenvalue weighted by molar-refractivity contribution is -0.136. The van der Waals surface area contributed by atoms with Crippen molar-refractivity contribution in [3.05, 3.63) is 27.4 Å². The van der Waals surface area contributed by atoms with Crippen LogP contribution in [0.3, 0.4) is 0 Å². The van der Waals surface area contributed by atoms with Crippen LogP contribution in [-0.4, -0.2) is 35.2 Å². The van der Waals surface area contributed by atoms with E-state index in [1.54, 1.807) is 22.7 Å². The molecule has 22 heavy (non-hydrogen) atoms. The van der Waals surface area contributed by atoms with Gasteiger partial charge in [-0.25, -0.2) is 9.78 Å². The summed E-state index contributed by atoms with van der Waals surface area (Å²) in [6.07, 6.45) is 0.662. The standard InChI is InChI=1S/C14H17N3O3S2/c1-9-17-11(8-21-9)12-3-2-10(22-12)4-6-15-14(20)16-7-5-13(18)19/h2-3,8H,4-7H2,1H3,(H,18,19)(H2,15,16,20). The third-order valence-electron chi connectivity index (χ3n) is 2.81. The number of aliphatic carboxylic acids is 1. The van der Waals surface area contributed by atoms with Crippen molar-refractivity contribution in [2.45, 2.75) is 19.8 Å². The number of carbonyl (C=O) groups excluding carboxylic acids is 1. The fourth-order valence-electron chi connectivity index (χ4n) is 1.77. The average Bonchev–Trinajstić information content (AvgIpc) is 3.07. The molecule has 3 N–H and O–H groups in total. The molecule has 118 valence electrons. The molecule has 2 rings (SSSR count). The minimum Gasteiger partial charge on any atom is -0.481 e. The van der Waals surface area contributed by atoms with Crippen LogP contribution in [0.15, 0.2) is 17.5 Å². The molecule has 0 aromatic carbocycles. The highest BCUT2D eigenvalue weighted by Gasteiger charge is 2.07. The molecule has 8 heteroatoms. The summed E-state index contributed by atoms with van der Waals surface area (Å²) in [7, 11) is 0. The third-order valence-corrected chi connectivity index (χ3v) is 4.76. The lowest BCUT2D eigenvalue weighted by Gasteiger charge is -2.05. The number of urea groups is 1. The van der Waals surface area contributed by atoms with E-state index in [9.17, 15) is 9.59 Å². The Morgan fingerprint density at radius 3 is 2.73 bits per heavy atom. The van der Waals surface area contributed by atoms with Gasteiger partial charge in [-0.2, -0.15) is 0 Å². The number of carbonyl (C=O) groups is 2. The van der Waals surface area contributed by atoms with E-state index in [4.69, 9.17) is 5.11 Å². The Labute approximate surface area is 136 Å². The van der Waals surface area contributed by atoms with Gasteiger partial charge in [0.25, 0.3) is 0 Å². The Balaban J connectivity index is 1.72. The van der Waals surface area contributed by atoms with Crippen molar-refractivity contribution in [3.8, 4) is 10.6 Å². The number of nitrogens with zero attached hydrogens (tertiary/aromatic N) is 1. The van der Waals surface area contributed by atoms with Crippen LogP contribution < -0.4 is 10.6 Å². The fourth-order valence-corrected chi connectivity index (χ4v) is 3.43. The maximum atomic E-state index is 11.4. The highest BCUT2D eigenvalue weighted by atomic mass is 32.1. The Hall–Kier alpha value is -1.93. The summed E-state index contributed by atoms with van der Waals surface area (Å²) < 4.78 is 0. The van der Waals surface area contributed by atoms with Gasteiger partial charge >= 0.3 is 12.0 Å². The van der Waals surface area contributed by atoms with Crippen LogP contribution in [0.25, 0.3) is 10.6 Å². The van der Waals surface area contributed by atoms with Gasteiger partial charge in [0.05, 0.1) is 22.0 Å². The summed E-state index contributed by atoms with van der Waals surface area (Å²) in [4.78, 5) is 28.5. The molecule has 0 saturated carbocycles. The SMILES string of the molecule is Cc1nc(-c2ccc(CCNC(=O)NCCC(=O)O)s2)cs1. The largest absolute Gasteiger partial charge is 0.481 e. The van der Waals surface area contributed by atoms with Crippen LogP contribution in [0.4, 0.5) is 4.79 Å². The number of thiophene rings is 1. The van der Waals surface area contributed by atoms with Crippen LogP contribution >= 0.6 is 22.7 Å².